The van der Waals surface area contributed by atoms with E-state index < -0.39 is 0 Å². The largest absolute Gasteiger partial charge is 0.206 e. The van der Waals surface area contributed by atoms with Crippen LogP contribution >= 0.6 is 11.8 Å². The molecule has 0 N–H and O–H groups in total. The van der Waals surface area contributed by atoms with Gasteiger partial charge in [-0.05, 0) is 42.0 Å². The number of hydrogen-bond donors (Lipinski definition) is 0. The minimum Gasteiger partial charge on any atom is -0.206 e. The molecule has 0 aliphatic carbocycles. The summed E-state index contributed by atoms with van der Waals surface area (Å²) in [4.78, 5) is 0.773. The first-order valence-electron chi connectivity index (χ1n) is 6.03. The first-order chi connectivity index (χ1) is 8.20. The fraction of sp³-hybridized carbons (Fsp3) is 0.333. The lowest BCUT2D eigenvalue weighted by Gasteiger charge is -2.06. The van der Waals surface area contributed by atoms with Gasteiger partial charge in [0.1, 0.15) is 5.82 Å². The molecule has 0 aromatic heterocycles. The lowest BCUT2D eigenvalue weighted by molar-refractivity contribution is 0.604. The van der Waals surface area contributed by atoms with Crippen molar-refractivity contribution in [2.75, 3.05) is 5.75 Å². The Balaban J connectivity index is 2.31. The lowest BCUT2D eigenvalue weighted by atomic mass is 10.1. The number of halogens is 1. The van der Waals surface area contributed by atoms with Crippen LogP contribution in [-0.2, 0) is 0 Å². The van der Waals surface area contributed by atoms with Crippen LogP contribution in [0.25, 0.3) is 10.8 Å². The molecule has 0 radical (unpaired) electrons. The number of unbranched alkanes of at least 4 members (excludes halogenated alkanes) is 1. The molecule has 2 rings (SSSR count). The summed E-state index contributed by atoms with van der Waals surface area (Å²) in [5.41, 5.74) is 1.17. The Morgan fingerprint density at radius 3 is 2.71 bits per heavy atom. The fourth-order valence-corrected chi connectivity index (χ4v) is 2.87. The molecule has 0 aliphatic heterocycles. The predicted molar refractivity (Wildman–Crippen MR) is 74.3 cm³/mol. The van der Waals surface area contributed by atoms with Gasteiger partial charge in [-0.25, -0.2) is 4.39 Å². The molecule has 0 saturated heterocycles. The lowest BCUT2D eigenvalue weighted by Crippen LogP contribution is -1.86. The Kier molecular flexibility index (Phi) is 4.06. The van der Waals surface area contributed by atoms with E-state index in [9.17, 15) is 4.39 Å². The maximum absolute atomic E-state index is 13.9. The van der Waals surface area contributed by atoms with Crippen LogP contribution in [0.5, 0.6) is 0 Å². The highest BCUT2D eigenvalue weighted by atomic mass is 32.2. The van der Waals surface area contributed by atoms with Gasteiger partial charge in [0.05, 0.1) is 0 Å². The molecular weight excluding hydrogens is 231 g/mol. The van der Waals surface area contributed by atoms with E-state index in [4.69, 9.17) is 0 Å². The van der Waals surface area contributed by atoms with Crippen LogP contribution in [0, 0.1) is 12.7 Å². The molecular formula is C15H17FS. The maximum Gasteiger partial charge on any atom is 0.137 e. The van der Waals surface area contributed by atoms with Gasteiger partial charge in [0, 0.05) is 4.90 Å². The smallest absolute Gasteiger partial charge is 0.137 e. The summed E-state index contributed by atoms with van der Waals surface area (Å²) in [5, 5.41) is 2.11. The molecule has 0 bridgehead atoms. The number of aryl methyl sites for hydroxylation is 1. The monoisotopic (exact) mass is 248 g/mol. The molecule has 2 heteroatoms. The van der Waals surface area contributed by atoms with E-state index in [1.54, 1.807) is 17.8 Å². The van der Waals surface area contributed by atoms with E-state index in [1.807, 2.05) is 19.1 Å². The Bertz CT molecular complexity index is 520. The average molecular weight is 248 g/mol. The highest BCUT2D eigenvalue weighted by molar-refractivity contribution is 7.99. The Hall–Kier alpha value is -1.02. The molecule has 0 nitrogen and oxygen atoms in total. The maximum atomic E-state index is 13.9. The van der Waals surface area contributed by atoms with Crippen LogP contribution < -0.4 is 0 Å². The van der Waals surface area contributed by atoms with E-state index in [0.717, 1.165) is 34.3 Å². The molecule has 0 spiro atoms. The number of fused-ring (bicyclic) bond motifs is 1. The molecule has 2 aromatic rings. The van der Waals surface area contributed by atoms with E-state index >= 15 is 0 Å². The highest BCUT2D eigenvalue weighted by Crippen LogP contribution is 2.28. The van der Waals surface area contributed by atoms with Crippen molar-refractivity contribution in [2.24, 2.45) is 0 Å². The summed E-state index contributed by atoms with van der Waals surface area (Å²) >= 11 is 1.62. The Labute approximate surface area is 106 Å². The van der Waals surface area contributed by atoms with Gasteiger partial charge in [-0.15, -0.1) is 11.8 Å². The van der Waals surface area contributed by atoms with Crippen LogP contribution in [0.4, 0.5) is 4.39 Å². The van der Waals surface area contributed by atoms with Gasteiger partial charge < -0.3 is 0 Å². The van der Waals surface area contributed by atoms with Gasteiger partial charge in [-0.2, -0.15) is 0 Å². The Morgan fingerprint density at radius 2 is 1.94 bits per heavy atom. The molecule has 90 valence electrons. The first kappa shape index (κ1) is 12.4. The molecule has 0 fully saturated rings. The molecule has 17 heavy (non-hydrogen) atoms. The Morgan fingerprint density at radius 1 is 1.12 bits per heavy atom. The van der Waals surface area contributed by atoms with E-state index in [-0.39, 0.29) is 5.82 Å². The summed E-state index contributed by atoms with van der Waals surface area (Å²) in [6.45, 7) is 4.18. The summed E-state index contributed by atoms with van der Waals surface area (Å²) < 4.78 is 13.9. The zero-order valence-electron chi connectivity index (χ0n) is 10.3. The van der Waals surface area contributed by atoms with Gasteiger partial charge in [0.15, 0.2) is 0 Å². The SMILES string of the molecule is CCCCSc1cc2ccc(C)cc2cc1F. The minimum absolute atomic E-state index is 0.0933. The van der Waals surface area contributed by atoms with Crippen molar-refractivity contribution in [3.63, 3.8) is 0 Å². The van der Waals surface area contributed by atoms with Crippen molar-refractivity contribution in [1.82, 2.24) is 0 Å². The topological polar surface area (TPSA) is 0 Å². The fourth-order valence-electron chi connectivity index (χ4n) is 1.81. The summed E-state index contributed by atoms with van der Waals surface area (Å²) in [5.74, 6) is 0.898. The van der Waals surface area contributed by atoms with Crippen molar-refractivity contribution in [3.05, 3.63) is 41.7 Å². The van der Waals surface area contributed by atoms with Crippen molar-refractivity contribution in [1.29, 1.82) is 0 Å². The average Bonchev–Trinajstić information content (AvgIpc) is 2.30. The van der Waals surface area contributed by atoms with E-state index in [1.165, 1.54) is 5.56 Å². The molecule has 0 saturated carbocycles. The third-order valence-electron chi connectivity index (χ3n) is 2.80. The van der Waals surface area contributed by atoms with Gasteiger partial charge in [-0.1, -0.05) is 37.1 Å². The normalized spacial score (nSPS) is 11.0. The van der Waals surface area contributed by atoms with Gasteiger partial charge in [-0.3, -0.25) is 0 Å². The van der Waals surface area contributed by atoms with Gasteiger partial charge in [0.2, 0.25) is 0 Å². The third-order valence-corrected chi connectivity index (χ3v) is 3.92. The minimum atomic E-state index is -0.0933. The second-order valence-electron chi connectivity index (χ2n) is 4.34. The van der Waals surface area contributed by atoms with Crippen LogP contribution in [0.3, 0.4) is 0 Å². The number of thioether (sulfide) groups is 1. The van der Waals surface area contributed by atoms with Gasteiger partial charge in [0.25, 0.3) is 0 Å². The molecule has 0 atom stereocenters. The van der Waals surface area contributed by atoms with Crippen molar-refractivity contribution in [3.8, 4) is 0 Å². The van der Waals surface area contributed by atoms with Crippen LogP contribution in [0.2, 0.25) is 0 Å². The quantitative estimate of drug-likeness (QED) is 0.530. The standard InChI is InChI=1S/C15H17FS/c1-3-4-7-17-15-10-12-6-5-11(2)8-13(12)9-14(15)16/h5-6,8-10H,3-4,7H2,1-2H3. The number of benzene rings is 2. The molecule has 0 unspecified atom stereocenters. The molecule has 0 aliphatic rings. The van der Waals surface area contributed by atoms with Gasteiger partial charge >= 0.3 is 0 Å². The second kappa shape index (κ2) is 5.54. The molecule has 2 aromatic carbocycles. The van der Waals surface area contributed by atoms with Crippen molar-refractivity contribution >= 4 is 22.5 Å². The summed E-state index contributed by atoms with van der Waals surface area (Å²) in [7, 11) is 0. The van der Waals surface area contributed by atoms with Crippen LogP contribution in [-0.4, -0.2) is 5.75 Å². The highest BCUT2D eigenvalue weighted by Gasteiger charge is 2.05. The van der Waals surface area contributed by atoms with Crippen molar-refractivity contribution in [2.45, 2.75) is 31.6 Å². The van der Waals surface area contributed by atoms with Crippen LogP contribution in [0.1, 0.15) is 25.3 Å². The molecule has 0 amide bonds. The zero-order chi connectivity index (χ0) is 12.3. The summed E-state index contributed by atoms with van der Waals surface area (Å²) in [6.07, 6.45) is 2.29. The number of hydrogen-bond acceptors (Lipinski definition) is 1. The van der Waals surface area contributed by atoms with Crippen molar-refractivity contribution < 1.29 is 4.39 Å². The number of rotatable bonds is 4. The predicted octanol–water partition coefficient (Wildman–Crippen LogP) is 5.18. The van der Waals surface area contributed by atoms with E-state index in [2.05, 4.69) is 19.1 Å². The summed E-state index contributed by atoms with van der Waals surface area (Å²) in [6, 6.07) is 9.77. The first-order valence-corrected chi connectivity index (χ1v) is 7.02. The van der Waals surface area contributed by atoms with E-state index in [0.29, 0.717) is 0 Å². The van der Waals surface area contributed by atoms with Crippen LogP contribution in [0.15, 0.2) is 35.2 Å². The molecule has 0 heterocycles. The third kappa shape index (κ3) is 3.01. The second-order valence-corrected chi connectivity index (χ2v) is 5.47. The zero-order valence-corrected chi connectivity index (χ0v) is 11.1.